The van der Waals surface area contributed by atoms with Crippen LogP contribution in [-0.2, 0) is 4.79 Å². The minimum absolute atomic E-state index is 0.0604. The number of carbonyl (C=O) groups is 2. The Morgan fingerprint density at radius 3 is 2.47 bits per heavy atom. The van der Waals surface area contributed by atoms with E-state index in [4.69, 9.17) is 5.73 Å². The van der Waals surface area contributed by atoms with E-state index in [1.165, 1.54) is 23.5 Å². The number of benzene rings is 2. The number of nitrogens with one attached hydrogen (secondary N) is 1. The third-order valence-electron chi connectivity index (χ3n) is 6.19. The molecule has 1 aromatic heterocycles. The fraction of sp³-hybridized carbons (Fsp3) is 0.231. The normalized spacial score (nSPS) is 19.2. The van der Waals surface area contributed by atoms with Crippen LogP contribution in [0.3, 0.4) is 0 Å². The summed E-state index contributed by atoms with van der Waals surface area (Å²) in [5, 5.41) is 4.21. The highest BCUT2D eigenvalue weighted by Gasteiger charge is 2.43. The van der Waals surface area contributed by atoms with Crippen LogP contribution < -0.4 is 11.1 Å². The first-order chi connectivity index (χ1) is 15.2. The molecule has 3 aromatic rings. The average Bonchev–Trinajstić information content (AvgIpc) is 3.08. The SMILES string of the molecule is CC1(C)CC(=O)C2=C(C1)Nc1sc(C(=O)c3ccccc3)c(N)c1C2c1ccc(F)cc1. The number of allylic oxidation sites excluding steroid dienone is 2. The van der Waals surface area contributed by atoms with E-state index in [9.17, 15) is 14.0 Å². The summed E-state index contributed by atoms with van der Waals surface area (Å²) in [5.74, 6) is -0.859. The van der Waals surface area contributed by atoms with Gasteiger partial charge in [0.05, 0.1) is 10.7 Å². The van der Waals surface area contributed by atoms with Gasteiger partial charge < -0.3 is 11.1 Å². The summed E-state index contributed by atoms with van der Waals surface area (Å²) in [5.41, 5.74) is 10.4. The van der Waals surface area contributed by atoms with Crippen molar-refractivity contribution >= 4 is 33.6 Å². The molecular formula is C26H23FN2O2S. The second kappa shape index (κ2) is 7.41. The molecule has 2 heterocycles. The first kappa shape index (κ1) is 20.6. The van der Waals surface area contributed by atoms with Crippen molar-refractivity contribution in [3.05, 3.63) is 93.3 Å². The van der Waals surface area contributed by atoms with E-state index in [1.54, 1.807) is 24.3 Å². The maximum atomic E-state index is 13.7. The van der Waals surface area contributed by atoms with Crippen molar-refractivity contribution in [3.63, 3.8) is 0 Å². The van der Waals surface area contributed by atoms with Gasteiger partial charge >= 0.3 is 0 Å². The Morgan fingerprint density at radius 2 is 1.78 bits per heavy atom. The summed E-state index contributed by atoms with van der Waals surface area (Å²) in [6, 6.07) is 15.2. The summed E-state index contributed by atoms with van der Waals surface area (Å²) in [4.78, 5) is 27.0. The summed E-state index contributed by atoms with van der Waals surface area (Å²) in [6.45, 7) is 4.15. The van der Waals surface area contributed by atoms with Crippen LogP contribution in [0.15, 0.2) is 65.9 Å². The van der Waals surface area contributed by atoms with Crippen LogP contribution in [0.2, 0.25) is 0 Å². The fourth-order valence-corrected chi connectivity index (χ4v) is 5.92. The minimum Gasteiger partial charge on any atom is -0.397 e. The van der Waals surface area contributed by atoms with Crippen LogP contribution in [0.1, 0.15) is 59.0 Å². The second-order valence-electron chi connectivity index (χ2n) is 9.23. The molecule has 6 heteroatoms. The third-order valence-corrected chi connectivity index (χ3v) is 7.33. The number of ketones is 2. The van der Waals surface area contributed by atoms with E-state index in [2.05, 4.69) is 19.2 Å². The van der Waals surface area contributed by atoms with Gasteiger partial charge in [-0.05, 0) is 29.5 Å². The van der Waals surface area contributed by atoms with Crippen molar-refractivity contribution in [3.8, 4) is 0 Å². The predicted molar refractivity (Wildman–Crippen MR) is 126 cm³/mol. The molecule has 4 nitrogen and oxygen atoms in total. The number of anilines is 2. The van der Waals surface area contributed by atoms with Gasteiger partial charge in [0.15, 0.2) is 5.78 Å². The Hall–Kier alpha value is -3.25. The molecule has 1 aliphatic heterocycles. The van der Waals surface area contributed by atoms with Gasteiger partial charge in [0, 0.05) is 34.7 Å². The Labute approximate surface area is 190 Å². The molecular weight excluding hydrogens is 423 g/mol. The van der Waals surface area contributed by atoms with E-state index in [-0.39, 0.29) is 22.8 Å². The maximum absolute atomic E-state index is 13.7. The van der Waals surface area contributed by atoms with Gasteiger partial charge in [-0.1, -0.05) is 56.3 Å². The van der Waals surface area contributed by atoms with Crippen LogP contribution in [0.4, 0.5) is 15.1 Å². The van der Waals surface area contributed by atoms with E-state index in [1.807, 2.05) is 18.2 Å². The summed E-state index contributed by atoms with van der Waals surface area (Å²) < 4.78 is 13.7. The van der Waals surface area contributed by atoms with E-state index >= 15 is 0 Å². The van der Waals surface area contributed by atoms with Gasteiger partial charge in [-0.3, -0.25) is 9.59 Å². The van der Waals surface area contributed by atoms with E-state index < -0.39 is 5.92 Å². The zero-order valence-corrected chi connectivity index (χ0v) is 18.7. The molecule has 1 unspecified atom stereocenters. The Morgan fingerprint density at radius 1 is 1.09 bits per heavy atom. The van der Waals surface area contributed by atoms with Gasteiger partial charge in [0.1, 0.15) is 10.7 Å². The van der Waals surface area contributed by atoms with Gasteiger partial charge in [-0.25, -0.2) is 4.39 Å². The Balaban J connectivity index is 1.69. The molecule has 3 N–H and O–H groups in total. The van der Waals surface area contributed by atoms with Gasteiger partial charge in [0.2, 0.25) is 5.78 Å². The lowest BCUT2D eigenvalue weighted by molar-refractivity contribution is -0.118. The van der Waals surface area contributed by atoms with Crippen LogP contribution >= 0.6 is 11.3 Å². The zero-order valence-electron chi connectivity index (χ0n) is 17.9. The molecule has 0 bridgehead atoms. The largest absolute Gasteiger partial charge is 0.397 e. The maximum Gasteiger partial charge on any atom is 0.205 e. The minimum atomic E-state index is -0.431. The molecule has 162 valence electrons. The summed E-state index contributed by atoms with van der Waals surface area (Å²) in [7, 11) is 0. The number of Topliss-reactive ketones (excluding diaryl/α,β-unsaturated/α-hetero) is 1. The monoisotopic (exact) mass is 446 g/mol. The molecule has 0 fully saturated rings. The number of nitrogen functional groups attached to an aromatic ring is 1. The summed E-state index contributed by atoms with van der Waals surface area (Å²) >= 11 is 1.32. The molecule has 0 radical (unpaired) electrons. The summed E-state index contributed by atoms with van der Waals surface area (Å²) in [6.07, 6.45) is 1.14. The lowest BCUT2D eigenvalue weighted by Gasteiger charge is -2.38. The van der Waals surface area contributed by atoms with Gasteiger partial charge in [-0.15, -0.1) is 11.3 Å². The first-order valence-corrected chi connectivity index (χ1v) is 11.4. The molecule has 0 amide bonds. The van der Waals surface area contributed by atoms with Gasteiger partial charge in [0.25, 0.3) is 0 Å². The number of nitrogens with two attached hydrogens (primary N) is 1. The van der Waals surface area contributed by atoms with Crippen molar-refractivity contribution in [1.82, 2.24) is 0 Å². The number of hydrogen-bond acceptors (Lipinski definition) is 5. The van der Waals surface area contributed by atoms with Crippen LogP contribution in [0.25, 0.3) is 0 Å². The number of halogens is 1. The molecule has 1 atom stereocenters. The van der Waals surface area contributed by atoms with Gasteiger partial charge in [-0.2, -0.15) is 0 Å². The molecule has 0 spiro atoms. The third kappa shape index (κ3) is 3.35. The molecule has 0 saturated heterocycles. The molecule has 0 saturated carbocycles. The highest BCUT2D eigenvalue weighted by atomic mass is 32.1. The lowest BCUT2D eigenvalue weighted by atomic mass is 9.69. The number of hydrogen-bond donors (Lipinski definition) is 2. The second-order valence-corrected chi connectivity index (χ2v) is 10.2. The topological polar surface area (TPSA) is 72.2 Å². The van der Waals surface area contributed by atoms with Crippen molar-refractivity contribution < 1.29 is 14.0 Å². The Bertz CT molecular complexity index is 1270. The highest BCUT2D eigenvalue weighted by Crippen LogP contribution is 2.54. The fourth-order valence-electron chi connectivity index (χ4n) is 4.78. The van der Waals surface area contributed by atoms with Crippen LogP contribution in [0.5, 0.6) is 0 Å². The molecule has 1 aliphatic carbocycles. The number of fused-ring (bicyclic) bond motifs is 1. The van der Waals surface area contributed by atoms with Crippen molar-refractivity contribution in [2.75, 3.05) is 11.1 Å². The van der Waals surface area contributed by atoms with Crippen molar-refractivity contribution in [1.29, 1.82) is 0 Å². The van der Waals surface area contributed by atoms with E-state index in [0.717, 1.165) is 21.8 Å². The zero-order chi connectivity index (χ0) is 22.6. The predicted octanol–water partition coefficient (Wildman–Crippen LogP) is 5.90. The number of thiophene rings is 1. The van der Waals surface area contributed by atoms with Crippen molar-refractivity contribution in [2.45, 2.75) is 32.6 Å². The quantitative estimate of drug-likeness (QED) is 0.491. The van der Waals surface area contributed by atoms with Crippen LogP contribution in [-0.4, -0.2) is 11.6 Å². The van der Waals surface area contributed by atoms with E-state index in [0.29, 0.717) is 34.5 Å². The first-order valence-electron chi connectivity index (χ1n) is 10.6. The lowest BCUT2D eigenvalue weighted by Crippen LogP contribution is -2.33. The standard InChI is InChI=1S/C26H23FN2O2S/c1-26(2)12-17-20(18(30)13-26)19(14-8-10-16(27)11-9-14)21-22(28)24(32-25(21)29-17)23(31)15-6-4-3-5-7-15/h3-11,19,29H,12-13,28H2,1-2H3. The number of carbonyl (C=O) groups excluding carboxylic acids is 2. The molecule has 2 aliphatic rings. The van der Waals surface area contributed by atoms with Crippen molar-refractivity contribution in [2.24, 2.45) is 5.41 Å². The molecule has 32 heavy (non-hydrogen) atoms. The highest BCUT2D eigenvalue weighted by molar-refractivity contribution is 7.19. The number of rotatable bonds is 3. The Kier molecular flexibility index (Phi) is 4.78. The van der Waals surface area contributed by atoms with Crippen LogP contribution in [0, 0.1) is 11.2 Å². The molecule has 5 rings (SSSR count). The molecule has 2 aromatic carbocycles. The average molecular weight is 447 g/mol. The smallest absolute Gasteiger partial charge is 0.205 e.